The molecule has 0 atom stereocenters. The fraction of sp³-hybridized carbons (Fsp3) is 0.190. The Balaban J connectivity index is 1.49. The number of nitrogens with one attached hydrogen (secondary N) is 4. The number of anilines is 4. The molecule has 3 rings (SSSR count). The summed E-state index contributed by atoms with van der Waals surface area (Å²) >= 11 is 0. The summed E-state index contributed by atoms with van der Waals surface area (Å²) in [5, 5.41) is 11.1. The summed E-state index contributed by atoms with van der Waals surface area (Å²) in [5.74, 6) is -0.310. The molecule has 0 bridgehead atoms. The molecule has 1 heterocycles. The predicted octanol–water partition coefficient (Wildman–Crippen LogP) is 4.35. The third kappa shape index (κ3) is 6.13. The number of urea groups is 1. The molecule has 7 nitrogen and oxygen atoms in total. The first kappa shape index (κ1) is 21.0. The lowest BCUT2D eigenvalue weighted by molar-refractivity contribution is 0.252. The molecule has 0 spiro atoms. The molecule has 2 amide bonds. The van der Waals surface area contributed by atoms with Crippen molar-refractivity contribution >= 4 is 29.2 Å². The zero-order chi connectivity index (χ0) is 21.5. The van der Waals surface area contributed by atoms with Crippen molar-refractivity contribution in [2.75, 3.05) is 29.0 Å². The average molecular weight is 412 g/mol. The highest BCUT2D eigenvalue weighted by atomic mass is 19.1. The standard InChI is InChI=1S/C21H22F2N6O/c1-13-3-6-16(7-4-13)27-19-11-14(2)26-20(29-19)24-9-10-25-21(30)28-18-12-15(22)5-8-17(18)23/h3-8,11-12H,9-10H2,1-2H3,(H2,25,28,30)(H2,24,26,27,29). The summed E-state index contributed by atoms with van der Waals surface area (Å²) in [6.07, 6.45) is 0. The summed E-state index contributed by atoms with van der Waals surface area (Å²) in [4.78, 5) is 20.6. The largest absolute Gasteiger partial charge is 0.352 e. The Hall–Kier alpha value is -3.75. The number of halogens is 2. The van der Waals surface area contributed by atoms with Gasteiger partial charge < -0.3 is 21.3 Å². The third-order valence-electron chi connectivity index (χ3n) is 4.05. The number of carbonyl (C=O) groups excluding carboxylic acids is 1. The van der Waals surface area contributed by atoms with Crippen molar-refractivity contribution in [2.45, 2.75) is 13.8 Å². The van der Waals surface area contributed by atoms with Crippen LogP contribution in [0.25, 0.3) is 0 Å². The number of hydrogen-bond acceptors (Lipinski definition) is 5. The zero-order valence-corrected chi connectivity index (χ0v) is 16.6. The van der Waals surface area contributed by atoms with Crippen molar-refractivity contribution in [3.05, 3.63) is 71.4 Å². The topological polar surface area (TPSA) is 91.0 Å². The molecule has 3 aromatic rings. The molecule has 0 unspecified atom stereocenters. The smallest absolute Gasteiger partial charge is 0.319 e. The van der Waals surface area contributed by atoms with Crippen molar-refractivity contribution in [1.82, 2.24) is 15.3 Å². The number of nitrogens with zero attached hydrogens (tertiary/aromatic N) is 2. The molecular formula is C21H22F2N6O. The van der Waals surface area contributed by atoms with Crippen molar-refractivity contribution in [3.63, 3.8) is 0 Å². The van der Waals surface area contributed by atoms with E-state index in [0.717, 1.165) is 29.6 Å². The molecule has 30 heavy (non-hydrogen) atoms. The third-order valence-corrected chi connectivity index (χ3v) is 4.05. The van der Waals surface area contributed by atoms with Crippen LogP contribution in [0, 0.1) is 25.5 Å². The van der Waals surface area contributed by atoms with E-state index in [1.54, 1.807) is 0 Å². The molecule has 4 N–H and O–H groups in total. The van der Waals surface area contributed by atoms with Gasteiger partial charge in [0.1, 0.15) is 17.5 Å². The van der Waals surface area contributed by atoms with E-state index < -0.39 is 17.7 Å². The lowest BCUT2D eigenvalue weighted by Gasteiger charge is -2.11. The van der Waals surface area contributed by atoms with E-state index in [9.17, 15) is 13.6 Å². The van der Waals surface area contributed by atoms with Crippen LogP contribution in [0.15, 0.2) is 48.5 Å². The Bertz CT molecular complexity index is 1030. The normalized spacial score (nSPS) is 10.4. The fourth-order valence-corrected chi connectivity index (χ4v) is 2.61. The van der Waals surface area contributed by atoms with Crippen LogP contribution in [0.1, 0.15) is 11.3 Å². The summed E-state index contributed by atoms with van der Waals surface area (Å²) in [6, 6.07) is 11.9. The number of carbonyl (C=O) groups is 1. The maximum atomic E-state index is 13.5. The van der Waals surface area contributed by atoms with Crippen LogP contribution in [-0.4, -0.2) is 29.1 Å². The maximum absolute atomic E-state index is 13.5. The van der Waals surface area contributed by atoms with Gasteiger partial charge in [-0.15, -0.1) is 0 Å². The Morgan fingerprint density at radius 3 is 2.50 bits per heavy atom. The quantitative estimate of drug-likeness (QED) is 0.433. The number of amides is 2. The van der Waals surface area contributed by atoms with Gasteiger partial charge in [0, 0.05) is 36.6 Å². The van der Waals surface area contributed by atoms with E-state index in [2.05, 4.69) is 31.2 Å². The van der Waals surface area contributed by atoms with Crippen molar-refractivity contribution < 1.29 is 13.6 Å². The Morgan fingerprint density at radius 2 is 1.73 bits per heavy atom. The minimum absolute atomic E-state index is 0.223. The van der Waals surface area contributed by atoms with Crippen LogP contribution in [0.4, 0.5) is 36.7 Å². The van der Waals surface area contributed by atoms with Gasteiger partial charge in [0.25, 0.3) is 0 Å². The van der Waals surface area contributed by atoms with Gasteiger partial charge in [0.15, 0.2) is 0 Å². The molecule has 0 saturated carbocycles. The predicted molar refractivity (Wildman–Crippen MR) is 113 cm³/mol. The molecule has 0 aliphatic carbocycles. The Kier molecular flexibility index (Phi) is 6.74. The van der Waals surface area contributed by atoms with Crippen LogP contribution in [0.5, 0.6) is 0 Å². The van der Waals surface area contributed by atoms with Crippen LogP contribution >= 0.6 is 0 Å². The lowest BCUT2D eigenvalue weighted by atomic mass is 10.2. The second-order valence-electron chi connectivity index (χ2n) is 6.64. The molecule has 9 heteroatoms. The second-order valence-corrected chi connectivity index (χ2v) is 6.64. The van der Waals surface area contributed by atoms with E-state index >= 15 is 0 Å². The molecular weight excluding hydrogens is 390 g/mol. The fourth-order valence-electron chi connectivity index (χ4n) is 2.61. The molecule has 0 saturated heterocycles. The van der Waals surface area contributed by atoms with Gasteiger partial charge in [-0.2, -0.15) is 4.98 Å². The van der Waals surface area contributed by atoms with Crippen molar-refractivity contribution in [2.24, 2.45) is 0 Å². The van der Waals surface area contributed by atoms with E-state index in [1.165, 1.54) is 5.56 Å². The van der Waals surface area contributed by atoms with Gasteiger partial charge in [-0.05, 0) is 38.1 Å². The molecule has 0 fully saturated rings. The molecule has 156 valence electrons. The monoisotopic (exact) mass is 412 g/mol. The van der Waals surface area contributed by atoms with Crippen LogP contribution in [0.3, 0.4) is 0 Å². The summed E-state index contributed by atoms with van der Waals surface area (Å²) in [6.45, 7) is 4.43. The SMILES string of the molecule is Cc1ccc(Nc2cc(C)nc(NCCNC(=O)Nc3cc(F)ccc3F)n2)cc1. The second kappa shape index (κ2) is 9.64. The Labute approximate surface area is 173 Å². The van der Waals surface area contributed by atoms with Gasteiger partial charge >= 0.3 is 6.03 Å². The number of aromatic nitrogens is 2. The van der Waals surface area contributed by atoms with E-state index in [0.29, 0.717) is 18.3 Å². The van der Waals surface area contributed by atoms with Gasteiger partial charge in [0.05, 0.1) is 5.69 Å². The van der Waals surface area contributed by atoms with E-state index in [4.69, 9.17) is 0 Å². The first-order chi connectivity index (χ1) is 14.4. The van der Waals surface area contributed by atoms with Gasteiger partial charge in [-0.25, -0.2) is 18.6 Å². The minimum atomic E-state index is -0.716. The average Bonchev–Trinajstić information content (AvgIpc) is 2.69. The molecule has 0 radical (unpaired) electrons. The van der Waals surface area contributed by atoms with Gasteiger partial charge in [0.2, 0.25) is 5.95 Å². The molecule has 1 aromatic heterocycles. The minimum Gasteiger partial charge on any atom is -0.352 e. The summed E-state index contributed by atoms with van der Waals surface area (Å²) < 4.78 is 26.7. The maximum Gasteiger partial charge on any atom is 0.319 e. The number of benzene rings is 2. The molecule has 0 aliphatic rings. The van der Waals surface area contributed by atoms with E-state index in [-0.39, 0.29) is 12.2 Å². The van der Waals surface area contributed by atoms with Crippen LogP contribution in [0.2, 0.25) is 0 Å². The van der Waals surface area contributed by atoms with Crippen molar-refractivity contribution in [3.8, 4) is 0 Å². The summed E-state index contributed by atoms with van der Waals surface area (Å²) in [7, 11) is 0. The highest BCUT2D eigenvalue weighted by molar-refractivity contribution is 5.89. The van der Waals surface area contributed by atoms with Crippen molar-refractivity contribution in [1.29, 1.82) is 0 Å². The lowest BCUT2D eigenvalue weighted by Crippen LogP contribution is -2.33. The highest BCUT2D eigenvalue weighted by Gasteiger charge is 2.08. The van der Waals surface area contributed by atoms with Crippen LogP contribution in [-0.2, 0) is 0 Å². The number of aryl methyl sites for hydroxylation is 2. The van der Waals surface area contributed by atoms with Gasteiger partial charge in [-0.1, -0.05) is 17.7 Å². The highest BCUT2D eigenvalue weighted by Crippen LogP contribution is 2.17. The zero-order valence-electron chi connectivity index (χ0n) is 16.6. The Morgan fingerprint density at radius 1 is 0.967 bits per heavy atom. The molecule has 0 aliphatic heterocycles. The van der Waals surface area contributed by atoms with E-state index in [1.807, 2.05) is 44.2 Å². The summed E-state index contributed by atoms with van der Waals surface area (Å²) in [5.41, 5.74) is 2.62. The molecule has 2 aromatic carbocycles. The van der Waals surface area contributed by atoms with Gasteiger partial charge in [-0.3, -0.25) is 0 Å². The number of hydrogen-bond donors (Lipinski definition) is 4. The first-order valence-corrected chi connectivity index (χ1v) is 9.32. The van der Waals surface area contributed by atoms with Crippen LogP contribution < -0.4 is 21.3 Å². The first-order valence-electron chi connectivity index (χ1n) is 9.32. The number of rotatable bonds is 7.